The molecule has 0 unspecified atom stereocenters. The van der Waals surface area contributed by atoms with Gasteiger partial charge in [0.2, 0.25) is 5.95 Å². The van der Waals surface area contributed by atoms with E-state index in [0.29, 0.717) is 41.1 Å². The van der Waals surface area contributed by atoms with Gasteiger partial charge in [0, 0.05) is 12.1 Å². The molecule has 0 bridgehead atoms. The van der Waals surface area contributed by atoms with Gasteiger partial charge in [-0.15, -0.1) is 6.58 Å². The van der Waals surface area contributed by atoms with Crippen molar-refractivity contribution in [1.29, 1.82) is 0 Å². The number of methoxy groups -OCH3 is 1. The lowest BCUT2D eigenvalue weighted by Gasteiger charge is -2.13. The fourth-order valence-corrected chi connectivity index (χ4v) is 2.71. The topological polar surface area (TPSA) is 74.1 Å². The molecular weight excluding hydrogens is 385 g/mol. The zero-order valence-electron chi connectivity index (χ0n) is 15.2. The molecule has 0 spiro atoms. The molecule has 0 atom stereocenters. The van der Waals surface area contributed by atoms with Crippen LogP contribution >= 0.6 is 11.6 Å². The summed E-state index contributed by atoms with van der Waals surface area (Å²) >= 11 is 6.04. The number of tetrazole rings is 1. The van der Waals surface area contributed by atoms with Crippen molar-refractivity contribution in [2.24, 2.45) is 0 Å². The first-order valence-corrected chi connectivity index (χ1v) is 8.83. The van der Waals surface area contributed by atoms with Crippen LogP contribution in [-0.2, 0) is 19.7 Å². The summed E-state index contributed by atoms with van der Waals surface area (Å²) in [6.45, 7) is 4.88. The van der Waals surface area contributed by atoms with Crippen LogP contribution in [0.3, 0.4) is 0 Å². The van der Waals surface area contributed by atoms with Gasteiger partial charge in [-0.2, -0.15) is 0 Å². The second kappa shape index (κ2) is 9.18. The summed E-state index contributed by atoms with van der Waals surface area (Å²) in [5.41, 5.74) is 1.64. The van der Waals surface area contributed by atoms with Crippen molar-refractivity contribution in [2.75, 3.05) is 12.4 Å². The van der Waals surface area contributed by atoms with Crippen molar-refractivity contribution < 1.29 is 13.9 Å². The van der Waals surface area contributed by atoms with Gasteiger partial charge in [-0.05, 0) is 40.3 Å². The molecule has 7 nitrogen and oxygen atoms in total. The van der Waals surface area contributed by atoms with E-state index in [1.807, 2.05) is 12.1 Å². The first-order valence-electron chi connectivity index (χ1n) is 8.45. The number of hydrogen-bond acceptors (Lipinski definition) is 6. The fourth-order valence-electron chi connectivity index (χ4n) is 2.49. The average Bonchev–Trinajstić information content (AvgIpc) is 3.13. The van der Waals surface area contributed by atoms with Gasteiger partial charge in [0.05, 0.1) is 18.7 Å². The quantitative estimate of drug-likeness (QED) is 0.547. The standard InChI is InChI=1S/C19H19ClFN5O2/c1-3-8-26-19(23-24-25-26)22-11-13-4-7-17(18(9-13)27-2)28-12-14-5-6-15(21)10-16(14)20/h3-7,9-10H,1,8,11-12H2,2H3,(H,22,23,25). The summed E-state index contributed by atoms with van der Waals surface area (Å²) < 4.78 is 26.0. The van der Waals surface area contributed by atoms with Crippen LogP contribution in [0.4, 0.5) is 10.3 Å². The van der Waals surface area contributed by atoms with E-state index in [2.05, 4.69) is 27.4 Å². The third-order valence-corrected chi connectivity index (χ3v) is 4.26. The normalized spacial score (nSPS) is 10.5. The molecule has 1 N–H and O–H groups in total. The lowest BCUT2D eigenvalue weighted by atomic mass is 10.2. The van der Waals surface area contributed by atoms with Crippen molar-refractivity contribution in [1.82, 2.24) is 20.2 Å². The van der Waals surface area contributed by atoms with Crippen LogP contribution < -0.4 is 14.8 Å². The van der Waals surface area contributed by atoms with E-state index in [0.717, 1.165) is 5.56 Å². The molecule has 0 aliphatic carbocycles. The van der Waals surface area contributed by atoms with E-state index < -0.39 is 0 Å². The van der Waals surface area contributed by atoms with Gasteiger partial charge in [0.15, 0.2) is 11.5 Å². The Bertz CT molecular complexity index is 963. The van der Waals surface area contributed by atoms with Crippen LogP contribution in [0.2, 0.25) is 5.02 Å². The highest BCUT2D eigenvalue weighted by atomic mass is 35.5. The molecule has 146 valence electrons. The van der Waals surface area contributed by atoms with E-state index in [1.165, 1.54) is 12.1 Å². The van der Waals surface area contributed by atoms with Crippen molar-refractivity contribution in [3.63, 3.8) is 0 Å². The number of aromatic nitrogens is 4. The maximum absolute atomic E-state index is 13.1. The van der Waals surface area contributed by atoms with Crippen molar-refractivity contribution in [2.45, 2.75) is 19.7 Å². The highest BCUT2D eigenvalue weighted by Crippen LogP contribution is 2.30. The Balaban J connectivity index is 1.66. The minimum Gasteiger partial charge on any atom is -0.493 e. The minimum atomic E-state index is -0.387. The largest absolute Gasteiger partial charge is 0.493 e. The van der Waals surface area contributed by atoms with Gasteiger partial charge in [-0.1, -0.05) is 34.9 Å². The zero-order valence-corrected chi connectivity index (χ0v) is 16.0. The third-order valence-electron chi connectivity index (χ3n) is 3.91. The predicted octanol–water partition coefficient (Wildman–Crippen LogP) is 3.85. The predicted molar refractivity (Wildman–Crippen MR) is 104 cm³/mol. The molecule has 9 heteroatoms. The SMILES string of the molecule is C=CCn1nnnc1NCc1ccc(OCc2ccc(F)cc2Cl)c(OC)c1. The molecule has 3 rings (SSSR count). The van der Waals surface area contributed by atoms with Crippen molar-refractivity contribution in [3.05, 3.63) is 71.0 Å². The molecule has 0 aliphatic heterocycles. The van der Waals surface area contributed by atoms with E-state index >= 15 is 0 Å². The van der Waals surface area contributed by atoms with Gasteiger partial charge < -0.3 is 14.8 Å². The highest BCUT2D eigenvalue weighted by Gasteiger charge is 2.10. The van der Waals surface area contributed by atoms with Gasteiger partial charge in [-0.25, -0.2) is 9.07 Å². The van der Waals surface area contributed by atoms with Crippen molar-refractivity contribution >= 4 is 17.5 Å². The Morgan fingerprint density at radius 2 is 2.11 bits per heavy atom. The van der Waals surface area contributed by atoms with Crippen LogP contribution in [-0.4, -0.2) is 27.3 Å². The molecule has 1 aromatic heterocycles. The van der Waals surface area contributed by atoms with Gasteiger partial charge >= 0.3 is 0 Å². The Kier molecular flexibility index (Phi) is 6.44. The number of anilines is 1. The molecule has 0 fully saturated rings. The summed E-state index contributed by atoms with van der Waals surface area (Å²) in [5, 5.41) is 14.9. The third kappa shape index (κ3) is 4.77. The molecule has 1 heterocycles. The lowest BCUT2D eigenvalue weighted by Crippen LogP contribution is -2.08. The Hall–Kier alpha value is -3.13. The maximum atomic E-state index is 13.1. The van der Waals surface area contributed by atoms with Crippen LogP contribution in [0.1, 0.15) is 11.1 Å². The van der Waals surface area contributed by atoms with Crippen LogP contribution in [0.5, 0.6) is 11.5 Å². The number of allylic oxidation sites excluding steroid dienone is 1. The first kappa shape index (κ1) is 19.6. The molecule has 0 saturated heterocycles. The fraction of sp³-hybridized carbons (Fsp3) is 0.211. The summed E-state index contributed by atoms with van der Waals surface area (Å²) in [5.74, 6) is 1.29. The van der Waals surface area contributed by atoms with Crippen LogP contribution in [0.15, 0.2) is 49.1 Å². The monoisotopic (exact) mass is 403 g/mol. The second-order valence-electron chi connectivity index (χ2n) is 5.84. The maximum Gasteiger partial charge on any atom is 0.243 e. The molecule has 28 heavy (non-hydrogen) atoms. The highest BCUT2D eigenvalue weighted by molar-refractivity contribution is 6.31. The van der Waals surface area contributed by atoms with Gasteiger partial charge in [-0.3, -0.25) is 0 Å². The van der Waals surface area contributed by atoms with Gasteiger partial charge in [0.1, 0.15) is 12.4 Å². The zero-order chi connectivity index (χ0) is 19.9. The number of halogens is 2. The number of rotatable bonds is 9. The van der Waals surface area contributed by atoms with Gasteiger partial charge in [0.25, 0.3) is 0 Å². The molecule has 0 radical (unpaired) electrons. The number of ether oxygens (including phenoxy) is 2. The Morgan fingerprint density at radius 1 is 1.25 bits per heavy atom. The average molecular weight is 404 g/mol. The summed E-state index contributed by atoms with van der Waals surface area (Å²) in [6.07, 6.45) is 1.71. The first-order chi connectivity index (χ1) is 13.6. The van der Waals surface area contributed by atoms with Crippen LogP contribution in [0, 0.1) is 5.82 Å². The number of hydrogen-bond donors (Lipinski definition) is 1. The Labute approximate surface area is 166 Å². The summed E-state index contributed by atoms with van der Waals surface area (Å²) in [4.78, 5) is 0. The minimum absolute atomic E-state index is 0.198. The summed E-state index contributed by atoms with van der Waals surface area (Å²) in [7, 11) is 1.56. The smallest absolute Gasteiger partial charge is 0.243 e. The molecular formula is C19H19ClFN5O2. The van der Waals surface area contributed by atoms with Crippen LogP contribution in [0.25, 0.3) is 0 Å². The molecule has 0 aliphatic rings. The van der Waals surface area contributed by atoms with Crippen molar-refractivity contribution in [3.8, 4) is 11.5 Å². The molecule has 0 amide bonds. The van der Waals surface area contributed by atoms with E-state index in [4.69, 9.17) is 21.1 Å². The molecule has 2 aromatic carbocycles. The van der Waals surface area contributed by atoms with E-state index in [-0.39, 0.29) is 12.4 Å². The molecule has 0 saturated carbocycles. The number of benzene rings is 2. The molecule has 3 aromatic rings. The Morgan fingerprint density at radius 3 is 2.86 bits per heavy atom. The van der Waals surface area contributed by atoms with E-state index in [9.17, 15) is 4.39 Å². The lowest BCUT2D eigenvalue weighted by molar-refractivity contribution is 0.284. The second-order valence-corrected chi connectivity index (χ2v) is 6.24. The van der Waals surface area contributed by atoms with E-state index in [1.54, 1.807) is 30.0 Å². The summed E-state index contributed by atoms with van der Waals surface area (Å²) in [6, 6.07) is 9.76. The number of nitrogens with zero attached hydrogens (tertiary/aromatic N) is 4. The number of nitrogens with one attached hydrogen (secondary N) is 1.